The highest BCUT2D eigenvalue weighted by molar-refractivity contribution is 5.80. The Balaban J connectivity index is 1.87. The number of nitrogens with one attached hydrogen (secondary N) is 1. The molecule has 2 rings (SSSR count). The number of aliphatic hydroxyl groups is 10. The van der Waals surface area contributed by atoms with Crippen LogP contribution in [-0.4, -0.2) is 163 Å². The first-order chi connectivity index (χ1) is 34.9. The molecule has 72 heavy (non-hydrogen) atoms. The van der Waals surface area contributed by atoms with E-state index >= 15 is 0 Å². The second-order valence-electron chi connectivity index (χ2n) is 21.4. The standard InChI is InChI=1S/C56H109NO15/c1-3-5-7-9-11-13-15-17-18-19-20-21-22-23-24-26-28-30-32-34-36-38-44(61)54(68)57-42(47(62)43(60)37-35-33-31-29-27-25-16-14-12-10-8-6-4-2)41-69-56-53(51(66)49(64)46(40-59)71-56)72-55-52(67)50(65)48(63)45(39-58)70-55/h42-53,55-56,58-67H,3-41H2,1-2H3,(H,57,68)/t42-,43+,44+,45+,46+,47-,48-,49-,50-,51-,52+,53+,55?,56-/m0/s1. The van der Waals surface area contributed by atoms with Crippen LogP contribution in [0.5, 0.6) is 0 Å². The third kappa shape index (κ3) is 28.3. The van der Waals surface area contributed by atoms with Gasteiger partial charge in [0.25, 0.3) is 0 Å². The van der Waals surface area contributed by atoms with Gasteiger partial charge in [0, 0.05) is 0 Å². The van der Waals surface area contributed by atoms with E-state index in [0.717, 1.165) is 51.4 Å². The molecule has 0 aliphatic carbocycles. The number of unbranched alkanes of at least 4 members (excludes halogenated alkanes) is 32. The van der Waals surface area contributed by atoms with Crippen LogP contribution >= 0.6 is 0 Å². The van der Waals surface area contributed by atoms with Crippen molar-refractivity contribution in [3.8, 4) is 0 Å². The monoisotopic (exact) mass is 1040 g/mol. The van der Waals surface area contributed by atoms with Crippen LogP contribution in [0, 0.1) is 0 Å². The predicted molar refractivity (Wildman–Crippen MR) is 280 cm³/mol. The van der Waals surface area contributed by atoms with Gasteiger partial charge in [0.1, 0.15) is 61.0 Å². The van der Waals surface area contributed by atoms with Gasteiger partial charge in [0.15, 0.2) is 12.6 Å². The number of ether oxygens (including phenoxy) is 4. The third-order valence-corrected chi connectivity index (χ3v) is 15.0. The molecule has 2 aliphatic heterocycles. The summed E-state index contributed by atoms with van der Waals surface area (Å²) in [6.07, 6.45) is 20.6. The van der Waals surface area contributed by atoms with Gasteiger partial charge < -0.3 is 75.3 Å². The molecule has 1 unspecified atom stereocenters. The second kappa shape index (κ2) is 43.0. The number of carbonyl (C=O) groups is 1. The van der Waals surface area contributed by atoms with E-state index in [2.05, 4.69) is 19.2 Å². The molecule has 0 spiro atoms. The molecule has 1 amide bonds. The minimum Gasteiger partial charge on any atom is -0.394 e. The fraction of sp³-hybridized carbons (Fsp3) is 0.982. The number of hydrogen-bond donors (Lipinski definition) is 11. The Kier molecular flexibility index (Phi) is 40.0. The second-order valence-corrected chi connectivity index (χ2v) is 21.4. The van der Waals surface area contributed by atoms with Gasteiger partial charge in [0.2, 0.25) is 5.91 Å². The minimum absolute atomic E-state index is 0.194. The minimum atomic E-state index is -1.87. The highest BCUT2D eigenvalue weighted by atomic mass is 16.8. The summed E-state index contributed by atoms with van der Waals surface area (Å²) >= 11 is 0. The van der Waals surface area contributed by atoms with E-state index in [4.69, 9.17) is 18.9 Å². The summed E-state index contributed by atoms with van der Waals surface area (Å²) in [4.78, 5) is 13.4. The van der Waals surface area contributed by atoms with Crippen molar-refractivity contribution in [3.63, 3.8) is 0 Å². The average Bonchev–Trinajstić information content (AvgIpc) is 3.38. The topological polar surface area (TPSA) is 268 Å². The number of rotatable bonds is 47. The lowest BCUT2D eigenvalue weighted by molar-refractivity contribution is -0.368. The third-order valence-electron chi connectivity index (χ3n) is 15.0. The molecule has 0 aromatic rings. The van der Waals surface area contributed by atoms with Crippen molar-refractivity contribution in [2.45, 2.75) is 331 Å². The normalized spacial score (nSPS) is 26.4. The maximum absolute atomic E-state index is 13.4. The number of carbonyl (C=O) groups excluding carboxylic acids is 1. The molecule has 0 radical (unpaired) electrons. The Morgan fingerprint density at radius 2 is 0.806 bits per heavy atom. The lowest BCUT2D eigenvalue weighted by Gasteiger charge is -2.46. The maximum Gasteiger partial charge on any atom is 0.249 e. The zero-order chi connectivity index (χ0) is 52.8. The highest BCUT2D eigenvalue weighted by Gasteiger charge is 2.51. The van der Waals surface area contributed by atoms with Crippen molar-refractivity contribution in [3.05, 3.63) is 0 Å². The van der Waals surface area contributed by atoms with Gasteiger partial charge in [-0.3, -0.25) is 4.79 Å². The van der Waals surface area contributed by atoms with Gasteiger partial charge in [-0.25, -0.2) is 0 Å². The van der Waals surface area contributed by atoms with Crippen LogP contribution in [0.1, 0.15) is 245 Å². The first-order valence-electron chi connectivity index (χ1n) is 29.5. The number of aliphatic hydroxyl groups excluding tert-OH is 10. The summed E-state index contributed by atoms with van der Waals surface area (Å²) in [6, 6.07) is -1.31. The van der Waals surface area contributed by atoms with Crippen molar-refractivity contribution in [2.75, 3.05) is 19.8 Å². The number of amides is 1. The Labute approximate surface area is 435 Å². The summed E-state index contributed by atoms with van der Waals surface area (Å²) in [6.45, 7) is 2.42. The summed E-state index contributed by atoms with van der Waals surface area (Å²) in [5.41, 5.74) is 0. The molecule has 428 valence electrons. The molecule has 0 bridgehead atoms. The van der Waals surface area contributed by atoms with Crippen molar-refractivity contribution in [2.24, 2.45) is 0 Å². The van der Waals surface area contributed by atoms with Gasteiger partial charge >= 0.3 is 0 Å². The van der Waals surface area contributed by atoms with E-state index < -0.39 is 111 Å². The number of hydrogen-bond acceptors (Lipinski definition) is 15. The summed E-state index contributed by atoms with van der Waals surface area (Å²) in [7, 11) is 0. The molecular weight excluding hydrogens is 927 g/mol. The molecule has 2 fully saturated rings. The molecule has 14 atom stereocenters. The van der Waals surface area contributed by atoms with Crippen molar-refractivity contribution < 1.29 is 74.8 Å². The first kappa shape index (κ1) is 67.0. The molecule has 2 heterocycles. The van der Waals surface area contributed by atoms with Gasteiger partial charge in [-0.15, -0.1) is 0 Å². The first-order valence-corrected chi connectivity index (χ1v) is 29.5. The van der Waals surface area contributed by atoms with Gasteiger partial charge in [0.05, 0.1) is 32.0 Å². The Bertz CT molecular complexity index is 1250. The van der Waals surface area contributed by atoms with Crippen molar-refractivity contribution in [1.29, 1.82) is 0 Å². The molecule has 11 N–H and O–H groups in total. The molecule has 2 aliphatic rings. The fourth-order valence-electron chi connectivity index (χ4n) is 10.1. The molecule has 16 heteroatoms. The molecule has 16 nitrogen and oxygen atoms in total. The summed E-state index contributed by atoms with van der Waals surface area (Å²) < 4.78 is 22.9. The van der Waals surface area contributed by atoms with E-state index in [-0.39, 0.29) is 12.8 Å². The SMILES string of the molecule is CCCCCCCCCCCCCCCCCCCCCCC[C@@H](O)C(=O)N[C@@H](CO[C@H]1O[C@H](CO)[C@H](O)[C@H](O)[C@H]1OC1O[C@H](CO)[C@H](O)[C@H](O)[C@H]1O)[C@H](O)[C@H](O)CCCCCCCCCCCCCCC. The van der Waals surface area contributed by atoms with Crippen molar-refractivity contribution in [1.82, 2.24) is 5.32 Å². The van der Waals surface area contributed by atoms with E-state index in [1.807, 2.05) is 0 Å². The molecule has 0 saturated carbocycles. The maximum atomic E-state index is 13.4. The largest absolute Gasteiger partial charge is 0.394 e. The van der Waals surface area contributed by atoms with Crippen LogP contribution < -0.4 is 5.32 Å². The summed E-state index contributed by atoms with van der Waals surface area (Å²) in [5.74, 6) is -0.772. The lowest BCUT2D eigenvalue weighted by atomic mass is 9.97. The molecular formula is C56H109NO15. The van der Waals surface area contributed by atoms with E-state index in [1.165, 1.54) is 154 Å². The molecule has 0 aromatic heterocycles. The molecule has 0 aromatic carbocycles. The van der Waals surface area contributed by atoms with Crippen LogP contribution in [0.3, 0.4) is 0 Å². The Morgan fingerprint density at radius 1 is 0.458 bits per heavy atom. The van der Waals surface area contributed by atoms with Crippen LogP contribution in [0.25, 0.3) is 0 Å². The smallest absolute Gasteiger partial charge is 0.249 e. The van der Waals surface area contributed by atoms with Crippen LogP contribution in [-0.2, 0) is 23.7 Å². The quantitative estimate of drug-likeness (QED) is 0.0268. The lowest BCUT2D eigenvalue weighted by Crippen LogP contribution is -2.65. The predicted octanol–water partition coefficient (Wildman–Crippen LogP) is 7.28. The fourth-order valence-corrected chi connectivity index (χ4v) is 10.1. The van der Waals surface area contributed by atoms with Crippen LogP contribution in [0.4, 0.5) is 0 Å². The average molecular weight is 1040 g/mol. The van der Waals surface area contributed by atoms with Crippen LogP contribution in [0.2, 0.25) is 0 Å². The van der Waals surface area contributed by atoms with E-state index in [1.54, 1.807) is 0 Å². The summed E-state index contributed by atoms with van der Waals surface area (Å²) in [5, 5.41) is 109. The Morgan fingerprint density at radius 3 is 1.19 bits per heavy atom. The molecule has 2 saturated heterocycles. The highest BCUT2D eigenvalue weighted by Crippen LogP contribution is 2.30. The zero-order valence-corrected chi connectivity index (χ0v) is 45.2. The van der Waals surface area contributed by atoms with Gasteiger partial charge in [-0.2, -0.15) is 0 Å². The van der Waals surface area contributed by atoms with E-state index in [0.29, 0.717) is 12.8 Å². The van der Waals surface area contributed by atoms with E-state index in [9.17, 15) is 55.9 Å². The van der Waals surface area contributed by atoms with Crippen molar-refractivity contribution >= 4 is 5.91 Å². The van der Waals surface area contributed by atoms with Gasteiger partial charge in [-0.05, 0) is 12.8 Å². The van der Waals surface area contributed by atoms with Gasteiger partial charge in [-0.1, -0.05) is 232 Å². The zero-order valence-electron chi connectivity index (χ0n) is 45.2. The van der Waals surface area contributed by atoms with Crippen LogP contribution in [0.15, 0.2) is 0 Å². The Hall–Kier alpha value is -1.09.